The SMILES string of the molecule is CCCN(CCCS(=O)(=O)CC)C1COCC1C(=O)O. The Morgan fingerprint density at radius 3 is 2.55 bits per heavy atom. The lowest BCUT2D eigenvalue weighted by Crippen LogP contribution is -2.44. The monoisotopic (exact) mass is 307 g/mol. The van der Waals surface area contributed by atoms with Crippen LogP contribution in [0.1, 0.15) is 26.7 Å². The second kappa shape index (κ2) is 7.95. The Morgan fingerprint density at radius 1 is 1.30 bits per heavy atom. The molecule has 0 bridgehead atoms. The van der Waals surface area contributed by atoms with Crippen LogP contribution in [0.4, 0.5) is 0 Å². The summed E-state index contributed by atoms with van der Waals surface area (Å²) in [6.45, 7) is 5.70. The van der Waals surface area contributed by atoms with E-state index in [0.717, 1.165) is 13.0 Å². The van der Waals surface area contributed by atoms with E-state index in [-0.39, 0.29) is 24.2 Å². The van der Waals surface area contributed by atoms with Gasteiger partial charge in [-0.15, -0.1) is 0 Å². The van der Waals surface area contributed by atoms with E-state index in [2.05, 4.69) is 4.90 Å². The van der Waals surface area contributed by atoms with Crippen LogP contribution in [0.2, 0.25) is 0 Å². The predicted molar refractivity (Wildman–Crippen MR) is 76.5 cm³/mol. The van der Waals surface area contributed by atoms with E-state index in [0.29, 0.717) is 19.6 Å². The molecular formula is C13H25NO5S. The highest BCUT2D eigenvalue weighted by molar-refractivity contribution is 7.91. The number of rotatable bonds is 9. The first-order valence-corrected chi connectivity index (χ1v) is 8.98. The highest BCUT2D eigenvalue weighted by Crippen LogP contribution is 2.20. The molecule has 1 fully saturated rings. The van der Waals surface area contributed by atoms with Gasteiger partial charge in [0, 0.05) is 11.8 Å². The van der Waals surface area contributed by atoms with Gasteiger partial charge in [-0.05, 0) is 25.9 Å². The molecule has 0 saturated carbocycles. The van der Waals surface area contributed by atoms with E-state index < -0.39 is 21.7 Å². The summed E-state index contributed by atoms with van der Waals surface area (Å²) in [4.78, 5) is 13.3. The first-order valence-electron chi connectivity index (χ1n) is 7.16. The summed E-state index contributed by atoms with van der Waals surface area (Å²) >= 11 is 0. The Hall–Kier alpha value is -0.660. The number of hydrogen-bond acceptors (Lipinski definition) is 5. The molecule has 1 aliphatic rings. The molecule has 1 saturated heterocycles. The van der Waals surface area contributed by atoms with Crippen molar-refractivity contribution in [2.75, 3.05) is 37.8 Å². The largest absolute Gasteiger partial charge is 0.481 e. The summed E-state index contributed by atoms with van der Waals surface area (Å²) in [6.07, 6.45) is 1.45. The molecule has 0 radical (unpaired) electrons. The summed E-state index contributed by atoms with van der Waals surface area (Å²) in [6, 6.07) is -0.142. The van der Waals surface area contributed by atoms with E-state index in [9.17, 15) is 18.3 Å². The summed E-state index contributed by atoms with van der Waals surface area (Å²) in [5, 5.41) is 9.19. The fourth-order valence-corrected chi connectivity index (χ4v) is 3.36. The van der Waals surface area contributed by atoms with Gasteiger partial charge in [0.05, 0.1) is 24.9 Å². The van der Waals surface area contributed by atoms with Crippen molar-refractivity contribution >= 4 is 15.8 Å². The van der Waals surface area contributed by atoms with Crippen LogP contribution in [0.3, 0.4) is 0 Å². The van der Waals surface area contributed by atoms with Gasteiger partial charge in [0.2, 0.25) is 0 Å². The average Bonchev–Trinajstić information content (AvgIpc) is 2.87. The Morgan fingerprint density at radius 2 is 2.00 bits per heavy atom. The van der Waals surface area contributed by atoms with Crippen molar-refractivity contribution in [3.05, 3.63) is 0 Å². The molecule has 2 unspecified atom stereocenters. The molecule has 1 rings (SSSR count). The molecule has 0 aliphatic carbocycles. The molecule has 0 spiro atoms. The molecular weight excluding hydrogens is 282 g/mol. The molecule has 118 valence electrons. The van der Waals surface area contributed by atoms with Gasteiger partial charge in [-0.3, -0.25) is 9.69 Å². The van der Waals surface area contributed by atoms with Crippen molar-refractivity contribution in [2.24, 2.45) is 5.92 Å². The van der Waals surface area contributed by atoms with E-state index in [4.69, 9.17) is 4.74 Å². The molecule has 0 aromatic heterocycles. The van der Waals surface area contributed by atoms with Crippen molar-refractivity contribution in [3.63, 3.8) is 0 Å². The number of nitrogens with zero attached hydrogens (tertiary/aromatic N) is 1. The number of hydrogen-bond donors (Lipinski definition) is 1. The molecule has 2 atom stereocenters. The minimum Gasteiger partial charge on any atom is -0.481 e. The maximum atomic E-state index is 11.5. The second-order valence-electron chi connectivity index (χ2n) is 5.18. The Kier molecular flexibility index (Phi) is 6.91. The van der Waals surface area contributed by atoms with Crippen LogP contribution < -0.4 is 0 Å². The van der Waals surface area contributed by atoms with Crippen molar-refractivity contribution in [2.45, 2.75) is 32.7 Å². The maximum Gasteiger partial charge on any atom is 0.310 e. The molecule has 1 heterocycles. The van der Waals surface area contributed by atoms with Gasteiger partial charge in [0.15, 0.2) is 0 Å². The fourth-order valence-electron chi connectivity index (χ4n) is 2.50. The fraction of sp³-hybridized carbons (Fsp3) is 0.923. The number of sulfone groups is 1. The van der Waals surface area contributed by atoms with Gasteiger partial charge in [-0.25, -0.2) is 8.42 Å². The van der Waals surface area contributed by atoms with Crippen LogP contribution in [0.15, 0.2) is 0 Å². The lowest BCUT2D eigenvalue weighted by molar-refractivity contribution is -0.143. The topological polar surface area (TPSA) is 83.9 Å². The molecule has 1 aliphatic heterocycles. The lowest BCUT2D eigenvalue weighted by atomic mass is 10.0. The third kappa shape index (κ3) is 5.03. The first kappa shape index (κ1) is 17.4. The number of carbonyl (C=O) groups is 1. The zero-order valence-electron chi connectivity index (χ0n) is 12.2. The van der Waals surface area contributed by atoms with E-state index in [1.165, 1.54) is 0 Å². The molecule has 0 aromatic rings. The third-order valence-electron chi connectivity index (χ3n) is 3.69. The Bertz CT molecular complexity index is 409. The molecule has 7 heteroatoms. The minimum atomic E-state index is -2.96. The highest BCUT2D eigenvalue weighted by atomic mass is 32.2. The molecule has 0 aromatic carbocycles. The minimum absolute atomic E-state index is 0.142. The van der Waals surface area contributed by atoms with Gasteiger partial charge in [-0.1, -0.05) is 13.8 Å². The highest BCUT2D eigenvalue weighted by Gasteiger charge is 2.37. The van der Waals surface area contributed by atoms with Gasteiger partial charge < -0.3 is 9.84 Å². The van der Waals surface area contributed by atoms with Crippen molar-refractivity contribution < 1.29 is 23.1 Å². The van der Waals surface area contributed by atoms with Crippen LogP contribution in [-0.2, 0) is 19.4 Å². The predicted octanol–water partition coefficient (Wildman–Crippen LogP) is 0.623. The lowest BCUT2D eigenvalue weighted by Gasteiger charge is -2.29. The Labute approximate surface area is 121 Å². The summed E-state index contributed by atoms with van der Waals surface area (Å²) < 4.78 is 28.3. The third-order valence-corrected chi connectivity index (χ3v) is 5.48. The van der Waals surface area contributed by atoms with Gasteiger partial charge in [-0.2, -0.15) is 0 Å². The van der Waals surface area contributed by atoms with Crippen LogP contribution in [0, 0.1) is 5.92 Å². The maximum absolute atomic E-state index is 11.5. The summed E-state index contributed by atoms with van der Waals surface area (Å²) in [7, 11) is -2.96. The van der Waals surface area contributed by atoms with Gasteiger partial charge in [0.25, 0.3) is 0 Å². The summed E-state index contributed by atoms with van der Waals surface area (Å²) in [5.41, 5.74) is 0. The van der Waals surface area contributed by atoms with Crippen molar-refractivity contribution in [3.8, 4) is 0 Å². The zero-order chi connectivity index (χ0) is 15.2. The van der Waals surface area contributed by atoms with Crippen LogP contribution in [-0.4, -0.2) is 68.2 Å². The number of carboxylic acids is 1. The molecule has 0 amide bonds. The standard InChI is InChI=1S/C13H25NO5S/c1-3-6-14(7-5-8-20(17,18)4-2)12-10-19-9-11(12)13(15)16/h11-12H,3-10H2,1-2H3,(H,15,16). The van der Waals surface area contributed by atoms with E-state index in [1.54, 1.807) is 6.92 Å². The number of carboxylic acid groups (broad SMARTS) is 1. The van der Waals surface area contributed by atoms with Gasteiger partial charge >= 0.3 is 5.97 Å². The van der Waals surface area contributed by atoms with E-state index in [1.807, 2.05) is 6.92 Å². The smallest absolute Gasteiger partial charge is 0.310 e. The van der Waals surface area contributed by atoms with Crippen LogP contribution in [0.5, 0.6) is 0 Å². The molecule has 6 nitrogen and oxygen atoms in total. The first-order chi connectivity index (χ1) is 9.41. The summed E-state index contributed by atoms with van der Waals surface area (Å²) in [5.74, 6) is -1.03. The van der Waals surface area contributed by atoms with Crippen molar-refractivity contribution in [1.29, 1.82) is 0 Å². The second-order valence-corrected chi connectivity index (χ2v) is 7.65. The van der Waals surface area contributed by atoms with Crippen LogP contribution >= 0.6 is 0 Å². The van der Waals surface area contributed by atoms with Crippen molar-refractivity contribution in [1.82, 2.24) is 4.90 Å². The van der Waals surface area contributed by atoms with Crippen LogP contribution in [0.25, 0.3) is 0 Å². The van der Waals surface area contributed by atoms with E-state index >= 15 is 0 Å². The zero-order valence-corrected chi connectivity index (χ0v) is 13.1. The average molecular weight is 307 g/mol. The van der Waals surface area contributed by atoms with Gasteiger partial charge in [0.1, 0.15) is 9.84 Å². The number of ether oxygens (including phenoxy) is 1. The molecule has 20 heavy (non-hydrogen) atoms. The normalized spacial score (nSPS) is 23.4. The Balaban J connectivity index is 2.58. The quantitative estimate of drug-likeness (QED) is 0.672. The number of aliphatic carboxylic acids is 1. The molecule has 1 N–H and O–H groups in total.